The molecular weight excluding hydrogens is 375 g/mol. The van der Waals surface area contributed by atoms with Gasteiger partial charge in [-0.3, -0.25) is 0 Å². The monoisotopic (exact) mass is 398 g/mol. The molecule has 2 saturated heterocycles. The number of amides is 1. The van der Waals surface area contributed by atoms with Crippen molar-refractivity contribution in [1.29, 1.82) is 0 Å². The van der Waals surface area contributed by atoms with Crippen LogP contribution in [0.2, 0.25) is 0 Å². The SMILES string of the molecule is CC(C)(C)OC(=O)N1C2CCC1CC(Nc1cc(F)ccc1Br)C2. The molecule has 1 aromatic rings. The molecule has 132 valence electrons. The van der Waals surface area contributed by atoms with Crippen molar-refractivity contribution in [2.24, 2.45) is 0 Å². The molecule has 0 radical (unpaired) electrons. The van der Waals surface area contributed by atoms with E-state index in [1.165, 1.54) is 12.1 Å². The van der Waals surface area contributed by atoms with Crippen LogP contribution in [0.15, 0.2) is 22.7 Å². The maximum absolute atomic E-state index is 13.5. The van der Waals surface area contributed by atoms with Gasteiger partial charge in [0.05, 0.1) is 5.69 Å². The zero-order valence-electron chi connectivity index (χ0n) is 14.3. The Morgan fingerprint density at radius 1 is 1.29 bits per heavy atom. The summed E-state index contributed by atoms with van der Waals surface area (Å²) in [5.41, 5.74) is 0.294. The summed E-state index contributed by atoms with van der Waals surface area (Å²) >= 11 is 3.46. The Kier molecular flexibility index (Phi) is 4.78. The summed E-state index contributed by atoms with van der Waals surface area (Å²) in [5, 5.41) is 3.43. The molecule has 2 aliphatic rings. The number of ether oxygens (including phenoxy) is 1. The second kappa shape index (κ2) is 6.54. The first-order valence-corrected chi connectivity index (χ1v) is 9.25. The van der Waals surface area contributed by atoms with Crippen LogP contribution in [0, 0.1) is 5.82 Å². The Morgan fingerprint density at radius 3 is 2.50 bits per heavy atom. The Balaban J connectivity index is 1.67. The van der Waals surface area contributed by atoms with Gasteiger partial charge in [0.25, 0.3) is 0 Å². The van der Waals surface area contributed by atoms with E-state index in [0.29, 0.717) is 0 Å². The minimum atomic E-state index is -0.474. The molecule has 24 heavy (non-hydrogen) atoms. The number of halogens is 2. The van der Waals surface area contributed by atoms with Crippen molar-refractivity contribution in [1.82, 2.24) is 4.90 Å². The molecule has 0 saturated carbocycles. The summed E-state index contributed by atoms with van der Waals surface area (Å²) in [7, 11) is 0. The molecule has 6 heteroatoms. The van der Waals surface area contributed by atoms with E-state index in [1.807, 2.05) is 25.7 Å². The lowest BCUT2D eigenvalue weighted by Crippen LogP contribution is -2.51. The number of hydrogen-bond donors (Lipinski definition) is 1. The van der Waals surface area contributed by atoms with Crippen molar-refractivity contribution in [2.45, 2.75) is 70.2 Å². The molecule has 1 N–H and O–H groups in total. The number of benzene rings is 1. The maximum atomic E-state index is 13.5. The minimum Gasteiger partial charge on any atom is -0.444 e. The largest absolute Gasteiger partial charge is 0.444 e. The highest BCUT2D eigenvalue weighted by molar-refractivity contribution is 9.10. The predicted molar refractivity (Wildman–Crippen MR) is 95.6 cm³/mol. The molecular formula is C18H24BrFN2O2. The van der Waals surface area contributed by atoms with E-state index in [2.05, 4.69) is 21.2 Å². The second-order valence-electron chi connectivity index (χ2n) is 7.71. The lowest BCUT2D eigenvalue weighted by atomic mass is 9.97. The first kappa shape index (κ1) is 17.5. The van der Waals surface area contributed by atoms with Gasteiger partial charge in [0.1, 0.15) is 11.4 Å². The quantitative estimate of drug-likeness (QED) is 0.767. The molecule has 3 rings (SSSR count). The lowest BCUT2D eigenvalue weighted by Gasteiger charge is -2.40. The van der Waals surface area contributed by atoms with Crippen LogP contribution in [0.4, 0.5) is 14.9 Å². The summed E-state index contributed by atoms with van der Waals surface area (Å²) in [5.74, 6) is -0.255. The third kappa shape index (κ3) is 3.85. The predicted octanol–water partition coefficient (Wildman–Crippen LogP) is 4.93. The number of carbonyl (C=O) groups excluding carboxylic acids is 1. The highest BCUT2D eigenvalue weighted by Crippen LogP contribution is 2.38. The molecule has 2 fully saturated rings. The number of piperidine rings is 1. The van der Waals surface area contributed by atoms with Crippen molar-refractivity contribution in [3.63, 3.8) is 0 Å². The molecule has 2 bridgehead atoms. The van der Waals surface area contributed by atoms with Crippen molar-refractivity contribution >= 4 is 27.7 Å². The normalized spacial score (nSPS) is 26.4. The van der Waals surface area contributed by atoms with Crippen molar-refractivity contribution < 1.29 is 13.9 Å². The molecule has 2 unspecified atom stereocenters. The number of hydrogen-bond acceptors (Lipinski definition) is 3. The number of anilines is 1. The van der Waals surface area contributed by atoms with Gasteiger partial charge in [-0.1, -0.05) is 0 Å². The zero-order chi connectivity index (χ0) is 17.5. The van der Waals surface area contributed by atoms with E-state index < -0.39 is 5.60 Å². The number of nitrogens with zero attached hydrogens (tertiary/aromatic N) is 1. The summed E-state index contributed by atoms with van der Waals surface area (Å²) < 4.78 is 19.9. The third-order valence-electron chi connectivity index (χ3n) is 4.63. The summed E-state index contributed by atoms with van der Waals surface area (Å²) in [6.45, 7) is 5.67. The number of rotatable bonds is 2. The molecule has 0 spiro atoms. The standard InChI is InChI=1S/C18H24BrFN2O2/c1-18(2,3)24-17(23)22-13-5-6-14(22)10-12(9-13)21-16-8-11(20)4-7-15(16)19/h4,7-8,12-14,21H,5-6,9-10H2,1-3H3. The van der Waals surface area contributed by atoms with Crippen LogP contribution in [-0.2, 0) is 4.74 Å². The van der Waals surface area contributed by atoms with Gasteiger partial charge < -0.3 is 15.0 Å². The Labute approximate surface area is 150 Å². The maximum Gasteiger partial charge on any atom is 0.410 e. The van der Waals surface area contributed by atoms with Gasteiger partial charge in [-0.2, -0.15) is 0 Å². The van der Waals surface area contributed by atoms with Crippen LogP contribution in [0.1, 0.15) is 46.5 Å². The molecule has 2 aliphatic heterocycles. The lowest BCUT2D eigenvalue weighted by molar-refractivity contribution is 0.00683. The highest BCUT2D eigenvalue weighted by atomic mass is 79.9. The van der Waals surface area contributed by atoms with Crippen LogP contribution >= 0.6 is 15.9 Å². The first-order chi connectivity index (χ1) is 11.2. The fourth-order valence-corrected chi connectivity index (χ4v) is 4.10. The van der Waals surface area contributed by atoms with E-state index in [0.717, 1.165) is 35.8 Å². The molecule has 2 heterocycles. The molecule has 4 nitrogen and oxygen atoms in total. The highest BCUT2D eigenvalue weighted by Gasteiger charge is 2.44. The molecule has 1 amide bonds. The molecule has 1 aromatic carbocycles. The van der Waals surface area contributed by atoms with Crippen molar-refractivity contribution in [3.8, 4) is 0 Å². The van der Waals surface area contributed by atoms with Crippen LogP contribution in [-0.4, -0.2) is 34.7 Å². The van der Waals surface area contributed by atoms with Crippen LogP contribution in [0.3, 0.4) is 0 Å². The van der Waals surface area contributed by atoms with Gasteiger partial charge in [-0.05, 0) is 80.6 Å². The van der Waals surface area contributed by atoms with Crippen LogP contribution < -0.4 is 5.32 Å². The fraction of sp³-hybridized carbons (Fsp3) is 0.611. The fourth-order valence-electron chi connectivity index (χ4n) is 3.74. The van der Waals surface area contributed by atoms with E-state index in [9.17, 15) is 9.18 Å². The smallest absolute Gasteiger partial charge is 0.410 e. The van der Waals surface area contributed by atoms with Crippen molar-refractivity contribution in [2.75, 3.05) is 5.32 Å². The first-order valence-electron chi connectivity index (χ1n) is 8.46. The van der Waals surface area contributed by atoms with Gasteiger partial charge in [-0.25, -0.2) is 9.18 Å². The van der Waals surface area contributed by atoms with E-state index in [-0.39, 0.29) is 30.0 Å². The van der Waals surface area contributed by atoms with E-state index in [1.54, 1.807) is 6.07 Å². The summed E-state index contributed by atoms with van der Waals surface area (Å²) in [6.07, 6.45) is 3.52. The molecule has 0 aromatic heterocycles. The minimum absolute atomic E-state index is 0.198. The molecule has 2 atom stereocenters. The Bertz CT molecular complexity index is 618. The summed E-state index contributed by atoms with van der Waals surface area (Å²) in [4.78, 5) is 14.4. The van der Waals surface area contributed by atoms with E-state index in [4.69, 9.17) is 4.74 Å². The van der Waals surface area contributed by atoms with Gasteiger partial charge in [0.2, 0.25) is 0 Å². The van der Waals surface area contributed by atoms with E-state index >= 15 is 0 Å². The topological polar surface area (TPSA) is 41.6 Å². The van der Waals surface area contributed by atoms with Gasteiger partial charge in [0, 0.05) is 22.6 Å². The Hall–Kier alpha value is -1.30. The number of carbonyl (C=O) groups is 1. The average Bonchev–Trinajstić information content (AvgIpc) is 2.73. The molecule has 0 aliphatic carbocycles. The second-order valence-corrected chi connectivity index (χ2v) is 8.56. The third-order valence-corrected chi connectivity index (χ3v) is 5.32. The number of fused-ring (bicyclic) bond motifs is 2. The van der Waals surface area contributed by atoms with Crippen molar-refractivity contribution in [3.05, 3.63) is 28.5 Å². The Morgan fingerprint density at radius 2 is 1.92 bits per heavy atom. The van der Waals surface area contributed by atoms with Gasteiger partial charge >= 0.3 is 6.09 Å². The average molecular weight is 399 g/mol. The number of nitrogens with one attached hydrogen (secondary N) is 1. The van der Waals surface area contributed by atoms with Gasteiger partial charge in [-0.15, -0.1) is 0 Å². The van der Waals surface area contributed by atoms with Crippen LogP contribution in [0.25, 0.3) is 0 Å². The summed E-state index contributed by atoms with van der Waals surface area (Å²) in [6, 6.07) is 5.28. The van der Waals surface area contributed by atoms with Crippen LogP contribution in [0.5, 0.6) is 0 Å². The van der Waals surface area contributed by atoms with Gasteiger partial charge in [0.15, 0.2) is 0 Å². The zero-order valence-corrected chi connectivity index (χ0v) is 15.9.